The summed E-state index contributed by atoms with van der Waals surface area (Å²) in [6, 6.07) is 5.52. The molecule has 0 unspecified atom stereocenters. The largest absolute Gasteiger partial charge is 0.325 e. The zero-order valence-corrected chi connectivity index (χ0v) is 12.0. The first kappa shape index (κ1) is 13.8. The second kappa shape index (κ2) is 4.80. The monoisotopic (exact) mass is 259 g/mol. The van der Waals surface area contributed by atoms with Crippen LogP contribution in [0.2, 0.25) is 0 Å². The van der Waals surface area contributed by atoms with Gasteiger partial charge < -0.3 is 5.32 Å². The van der Waals surface area contributed by atoms with Crippen molar-refractivity contribution in [2.75, 3.05) is 5.32 Å². The van der Waals surface area contributed by atoms with Crippen molar-refractivity contribution in [2.45, 2.75) is 46.0 Å². The maximum absolute atomic E-state index is 12.1. The summed E-state index contributed by atoms with van der Waals surface area (Å²) in [5.74, 6) is 0.680. The second-order valence-electron chi connectivity index (χ2n) is 6.20. The van der Waals surface area contributed by atoms with Gasteiger partial charge >= 0.3 is 0 Å². The molecule has 0 spiro atoms. The molecule has 1 aliphatic rings. The first-order valence-corrected chi connectivity index (χ1v) is 6.81. The lowest BCUT2D eigenvalue weighted by Crippen LogP contribution is -2.27. The van der Waals surface area contributed by atoms with E-state index in [0.29, 0.717) is 17.9 Å². The highest BCUT2D eigenvalue weighted by molar-refractivity contribution is 6.07. The van der Waals surface area contributed by atoms with Crippen molar-refractivity contribution in [2.24, 2.45) is 5.92 Å². The molecule has 0 radical (unpaired) electrons. The molecule has 0 fully saturated rings. The number of ketones is 1. The van der Waals surface area contributed by atoms with E-state index in [1.807, 2.05) is 32.0 Å². The molecule has 0 saturated carbocycles. The maximum atomic E-state index is 12.1. The van der Waals surface area contributed by atoms with Gasteiger partial charge in [-0.2, -0.15) is 0 Å². The normalized spacial score (nSPS) is 16.4. The number of hydrogen-bond acceptors (Lipinski definition) is 2. The Morgan fingerprint density at radius 2 is 2.00 bits per heavy atom. The van der Waals surface area contributed by atoms with Crippen molar-refractivity contribution in [1.82, 2.24) is 0 Å². The van der Waals surface area contributed by atoms with Gasteiger partial charge in [-0.15, -0.1) is 0 Å². The Morgan fingerprint density at radius 1 is 1.32 bits per heavy atom. The van der Waals surface area contributed by atoms with Crippen molar-refractivity contribution < 1.29 is 9.59 Å². The van der Waals surface area contributed by atoms with Crippen LogP contribution in [0.1, 0.15) is 56.5 Å². The van der Waals surface area contributed by atoms with Crippen LogP contribution in [-0.2, 0) is 10.2 Å². The Hall–Kier alpha value is -1.64. The number of amides is 1. The van der Waals surface area contributed by atoms with Gasteiger partial charge in [0, 0.05) is 17.7 Å². The van der Waals surface area contributed by atoms with Crippen LogP contribution in [0, 0.1) is 5.92 Å². The highest BCUT2D eigenvalue weighted by Crippen LogP contribution is 2.37. The highest BCUT2D eigenvalue weighted by atomic mass is 16.2. The summed E-state index contributed by atoms with van der Waals surface area (Å²) < 4.78 is 0. The number of hydrogen-bond donors (Lipinski definition) is 1. The average molecular weight is 259 g/mol. The Kier molecular flexibility index (Phi) is 3.48. The molecule has 1 amide bonds. The Labute approximate surface area is 114 Å². The molecular weight excluding hydrogens is 238 g/mol. The maximum Gasteiger partial charge on any atom is 0.234 e. The molecule has 102 valence electrons. The average Bonchev–Trinajstić information content (AvgIpc) is 2.57. The SMILES string of the molecule is CC(C)CCC(=O)c1ccc2c(c1)C(C)(C)C(=O)N2. The fourth-order valence-electron chi connectivity index (χ4n) is 2.31. The number of Topliss-reactive ketones (excluding diaryl/α,β-unsaturated/α-hetero) is 1. The number of nitrogens with one attached hydrogen (secondary N) is 1. The van der Waals surface area contributed by atoms with Crippen LogP contribution in [0.25, 0.3) is 0 Å². The highest BCUT2D eigenvalue weighted by Gasteiger charge is 2.38. The molecule has 1 aromatic rings. The van der Waals surface area contributed by atoms with Crippen molar-refractivity contribution in [1.29, 1.82) is 0 Å². The van der Waals surface area contributed by atoms with E-state index in [9.17, 15) is 9.59 Å². The summed E-state index contributed by atoms with van der Waals surface area (Å²) in [6.07, 6.45) is 1.47. The fraction of sp³-hybridized carbons (Fsp3) is 0.500. The van der Waals surface area contributed by atoms with Crippen LogP contribution in [0.4, 0.5) is 5.69 Å². The van der Waals surface area contributed by atoms with Gasteiger partial charge in [0.05, 0.1) is 5.41 Å². The third kappa shape index (κ3) is 2.55. The lowest BCUT2D eigenvalue weighted by Gasteiger charge is -2.15. The number of rotatable bonds is 4. The molecule has 1 aliphatic heterocycles. The van der Waals surface area contributed by atoms with E-state index in [2.05, 4.69) is 19.2 Å². The molecule has 0 aromatic heterocycles. The second-order valence-corrected chi connectivity index (χ2v) is 6.20. The zero-order valence-electron chi connectivity index (χ0n) is 12.0. The van der Waals surface area contributed by atoms with Crippen LogP contribution in [0.5, 0.6) is 0 Å². The molecule has 0 saturated heterocycles. The Morgan fingerprint density at radius 3 is 2.63 bits per heavy atom. The van der Waals surface area contributed by atoms with Gasteiger partial charge in [-0.3, -0.25) is 9.59 Å². The van der Waals surface area contributed by atoms with E-state index < -0.39 is 5.41 Å². The Bertz CT molecular complexity index is 530. The molecule has 0 atom stereocenters. The predicted octanol–water partition coefficient (Wildman–Crippen LogP) is 3.54. The quantitative estimate of drug-likeness (QED) is 0.841. The van der Waals surface area contributed by atoms with E-state index in [1.165, 1.54) is 0 Å². The summed E-state index contributed by atoms with van der Waals surface area (Å²) in [7, 11) is 0. The number of anilines is 1. The minimum Gasteiger partial charge on any atom is -0.325 e. The molecule has 0 bridgehead atoms. The smallest absolute Gasteiger partial charge is 0.234 e. The summed E-state index contributed by atoms with van der Waals surface area (Å²) in [4.78, 5) is 24.0. The van der Waals surface area contributed by atoms with Gasteiger partial charge in [-0.1, -0.05) is 13.8 Å². The van der Waals surface area contributed by atoms with Crippen molar-refractivity contribution in [3.05, 3.63) is 29.3 Å². The minimum atomic E-state index is -0.552. The van der Waals surface area contributed by atoms with E-state index in [4.69, 9.17) is 0 Å². The molecule has 3 nitrogen and oxygen atoms in total. The zero-order chi connectivity index (χ0) is 14.2. The van der Waals surface area contributed by atoms with Crippen LogP contribution in [-0.4, -0.2) is 11.7 Å². The number of fused-ring (bicyclic) bond motifs is 1. The van der Waals surface area contributed by atoms with E-state index in [0.717, 1.165) is 17.7 Å². The molecule has 1 N–H and O–H groups in total. The third-order valence-corrected chi connectivity index (χ3v) is 3.78. The van der Waals surface area contributed by atoms with Gasteiger partial charge in [-0.05, 0) is 49.9 Å². The van der Waals surface area contributed by atoms with E-state index in [1.54, 1.807) is 0 Å². The molecule has 19 heavy (non-hydrogen) atoms. The van der Waals surface area contributed by atoms with Crippen molar-refractivity contribution in [3.8, 4) is 0 Å². The molecule has 0 aliphatic carbocycles. The van der Waals surface area contributed by atoms with Gasteiger partial charge in [0.2, 0.25) is 5.91 Å². The standard InChI is InChI=1S/C16H21NO2/c1-10(2)5-8-14(18)11-6-7-13-12(9-11)16(3,4)15(19)17-13/h6-7,9-10H,5,8H2,1-4H3,(H,17,19). The van der Waals surface area contributed by atoms with E-state index in [-0.39, 0.29) is 11.7 Å². The summed E-state index contributed by atoms with van der Waals surface area (Å²) in [5.41, 5.74) is 1.91. The number of benzene rings is 1. The summed E-state index contributed by atoms with van der Waals surface area (Å²) in [6.45, 7) is 8.00. The van der Waals surface area contributed by atoms with Crippen LogP contribution in [0.3, 0.4) is 0 Å². The summed E-state index contributed by atoms with van der Waals surface area (Å²) in [5, 5.41) is 2.85. The fourth-order valence-corrected chi connectivity index (χ4v) is 2.31. The van der Waals surface area contributed by atoms with Gasteiger partial charge in [-0.25, -0.2) is 0 Å². The third-order valence-electron chi connectivity index (χ3n) is 3.78. The lowest BCUT2D eigenvalue weighted by molar-refractivity contribution is -0.119. The summed E-state index contributed by atoms with van der Waals surface area (Å²) >= 11 is 0. The number of carbonyl (C=O) groups is 2. The van der Waals surface area contributed by atoms with Crippen LogP contribution in [0.15, 0.2) is 18.2 Å². The predicted molar refractivity (Wildman–Crippen MR) is 76.5 cm³/mol. The molecule has 1 aromatic carbocycles. The van der Waals surface area contributed by atoms with Gasteiger partial charge in [0.15, 0.2) is 5.78 Å². The molecule has 3 heteroatoms. The lowest BCUT2D eigenvalue weighted by atomic mass is 9.85. The Balaban J connectivity index is 2.25. The first-order chi connectivity index (χ1) is 8.82. The van der Waals surface area contributed by atoms with E-state index >= 15 is 0 Å². The van der Waals surface area contributed by atoms with Crippen LogP contribution >= 0.6 is 0 Å². The molecular formula is C16H21NO2. The van der Waals surface area contributed by atoms with Crippen molar-refractivity contribution >= 4 is 17.4 Å². The van der Waals surface area contributed by atoms with Gasteiger partial charge in [0.25, 0.3) is 0 Å². The molecule has 2 rings (SSSR count). The van der Waals surface area contributed by atoms with Crippen LogP contribution < -0.4 is 5.32 Å². The van der Waals surface area contributed by atoms with Gasteiger partial charge in [0.1, 0.15) is 0 Å². The number of carbonyl (C=O) groups excluding carboxylic acids is 2. The van der Waals surface area contributed by atoms with Crippen molar-refractivity contribution in [3.63, 3.8) is 0 Å². The first-order valence-electron chi connectivity index (χ1n) is 6.81. The minimum absolute atomic E-state index is 0.00530. The molecule has 1 heterocycles. The topological polar surface area (TPSA) is 46.2 Å².